The van der Waals surface area contributed by atoms with Gasteiger partial charge in [-0.05, 0) is 12.1 Å². The van der Waals surface area contributed by atoms with Gasteiger partial charge in [0, 0.05) is 12.7 Å². The minimum atomic E-state index is -1.13. The van der Waals surface area contributed by atoms with Crippen molar-refractivity contribution in [3.05, 3.63) is 71.8 Å². The summed E-state index contributed by atoms with van der Waals surface area (Å²) in [4.78, 5) is 12.5. The lowest BCUT2D eigenvalue weighted by molar-refractivity contribution is -0.357. The van der Waals surface area contributed by atoms with E-state index < -0.39 is 43.0 Å². The van der Waals surface area contributed by atoms with Crippen molar-refractivity contribution in [3.63, 3.8) is 0 Å². The molecule has 7 heteroatoms. The van der Waals surface area contributed by atoms with E-state index in [-0.39, 0.29) is 6.61 Å². The van der Waals surface area contributed by atoms with E-state index in [1.54, 1.807) is 30.3 Å². The van der Waals surface area contributed by atoms with Gasteiger partial charge in [-0.3, -0.25) is 0 Å². The van der Waals surface area contributed by atoms with Crippen LogP contribution in [0.1, 0.15) is 22.2 Å². The van der Waals surface area contributed by atoms with Crippen molar-refractivity contribution in [2.75, 3.05) is 13.7 Å². The maximum Gasteiger partial charge on any atom is 0.338 e. The number of rotatable bonds is 4. The van der Waals surface area contributed by atoms with E-state index in [1.165, 1.54) is 7.11 Å². The van der Waals surface area contributed by atoms with Crippen molar-refractivity contribution < 1.29 is 33.6 Å². The van der Waals surface area contributed by atoms with Gasteiger partial charge in [0.2, 0.25) is 0 Å². The molecular formula is C21H22O7. The highest BCUT2D eigenvalue weighted by atomic mass is 16.8. The average Bonchev–Trinajstić information content (AvgIpc) is 2.76. The zero-order chi connectivity index (χ0) is 19.5. The fourth-order valence-corrected chi connectivity index (χ4v) is 3.43. The Bertz CT molecular complexity index is 782. The molecule has 7 nitrogen and oxygen atoms in total. The fourth-order valence-electron chi connectivity index (χ4n) is 3.43. The zero-order valence-corrected chi connectivity index (χ0v) is 15.3. The molecule has 148 valence electrons. The van der Waals surface area contributed by atoms with E-state index in [9.17, 15) is 9.90 Å². The number of methoxy groups -OCH3 is 1. The first-order valence-electron chi connectivity index (χ1n) is 9.11. The van der Waals surface area contributed by atoms with Crippen molar-refractivity contribution in [2.24, 2.45) is 0 Å². The maximum atomic E-state index is 12.5. The predicted octanol–water partition coefficient (Wildman–Crippen LogP) is 2.06. The van der Waals surface area contributed by atoms with Gasteiger partial charge in [-0.1, -0.05) is 48.5 Å². The van der Waals surface area contributed by atoms with Crippen LogP contribution in [-0.2, 0) is 23.7 Å². The monoisotopic (exact) mass is 386 g/mol. The molecule has 28 heavy (non-hydrogen) atoms. The molecular weight excluding hydrogens is 364 g/mol. The van der Waals surface area contributed by atoms with Crippen molar-refractivity contribution in [2.45, 2.75) is 37.0 Å². The second-order valence-corrected chi connectivity index (χ2v) is 6.68. The second-order valence-electron chi connectivity index (χ2n) is 6.68. The Kier molecular flexibility index (Phi) is 5.70. The molecule has 4 rings (SSSR count). The van der Waals surface area contributed by atoms with Gasteiger partial charge in [0.15, 0.2) is 18.7 Å². The van der Waals surface area contributed by atoms with Crippen LogP contribution in [0.4, 0.5) is 0 Å². The van der Waals surface area contributed by atoms with Crippen LogP contribution in [0, 0.1) is 0 Å². The van der Waals surface area contributed by atoms with Crippen molar-refractivity contribution in [1.82, 2.24) is 0 Å². The predicted molar refractivity (Wildman–Crippen MR) is 97.3 cm³/mol. The first kappa shape index (κ1) is 19.0. The summed E-state index contributed by atoms with van der Waals surface area (Å²) in [5, 5.41) is 10.9. The molecule has 0 unspecified atom stereocenters. The van der Waals surface area contributed by atoms with E-state index in [0.29, 0.717) is 5.56 Å². The molecule has 0 bridgehead atoms. The van der Waals surface area contributed by atoms with Crippen molar-refractivity contribution in [1.29, 1.82) is 0 Å². The van der Waals surface area contributed by atoms with Gasteiger partial charge >= 0.3 is 5.97 Å². The van der Waals surface area contributed by atoms with Gasteiger partial charge in [0.05, 0.1) is 12.2 Å². The molecule has 1 N–H and O–H groups in total. The molecule has 0 aromatic heterocycles. The summed E-state index contributed by atoms with van der Waals surface area (Å²) in [7, 11) is 1.43. The number of hydrogen-bond donors (Lipinski definition) is 1. The summed E-state index contributed by atoms with van der Waals surface area (Å²) < 4.78 is 28.4. The van der Waals surface area contributed by atoms with Crippen LogP contribution in [0.3, 0.4) is 0 Å². The number of benzene rings is 2. The Morgan fingerprint density at radius 1 is 1.04 bits per heavy atom. The average molecular weight is 386 g/mol. The van der Waals surface area contributed by atoms with Crippen LogP contribution in [0.25, 0.3) is 0 Å². The summed E-state index contributed by atoms with van der Waals surface area (Å²) in [5.41, 5.74) is 1.21. The molecule has 0 aliphatic carbocycles. The van der Waals surface area contributed by atoms with Crippen LogP contribution in [0.2, 0.25) is 0 Å². The third-order valence-corrected chi connectivity index (χ3v) is 4.87. The number of ether oxygens (including phenoxy) is 5. The van der Waals surface area contributed by atoms with Crippen LogP contribution in [-0.4, -0.2) is 55.5 Å². The molecule has 0 radical (unpaired) electrons. The molecule has 0 amide bonds. The molecule has 2 heterocycles. The van der Waals surface area contributed by atoms with E-state index in [4.69, 9.17) is 23.7 Å². The van der Waals surface area contributed by atoms with Crippen LogP contribution in [0.15, 0.2) is 60.7 Å². The lowest BCUT2D eigenvalue weighted by Gasteiger charge is -2.46. The summed E-state index contributed by atoms with van der Waals surface area (Å²) in [5.74, 6) is -0.569. The fraction of sp³-hybridized carbons (Fsp3) is 0.381. The summed E-state index contributed by atoms with van der Waals surface area (Å²) >= 11 is 0. The minimum Gasteiger partial charge on any atom is -0.450 e. The summed E-state index contributed by atoms with van der Waals surface area (Å²) in [6.07, 6.45) is -4.99. The molecule has 2 fully saturated rings. The molecule has 6 atom stereocenters. The molecule has 0 saturated carbocycles. The quantitative estimate of drug-likeness (QED) is 0.806. The molecule has 2 aromatic rings. The Balaban J connectivity index is 1.50. The number of aliphatic hydroxyl groups excluding tert-OH is 1. The summed E-state index contributed by atoms with van der Waals surface area (Å²) in [6, 6.07) is 18.0. The number of carbonyl (C=O) groups excluding carboxylic acids is 1. The molecule has 0 spiro atoms. The number of carbonyl (C=O) groups is 1. The third-order valence-electron chi connectivity index (χ3n) is 4.87. The van der Waals surface area contributed by atoms with Gasteiger partial charge in [0.1, 0.15) is 18.3 Å². The highest BCUT2D eigenvalue weighted by molar-refractivity contribution is 5.89. The van der Waals surface area contributed by atoms with Gasteiger partial charge < -0.3 is 28.8 Å². The van der Waals surface area contributed by atoms with E-state index >= 15 is 0 Å². The minimum absolute atomic E-state index is 0.223. The topological polar surface area (TPSA) is 83.5 Å². The van der Waals surface area contributed by atoms with Crippen LogP contribution < -0.4 is 0 Å². The smallest absolute Gasteiger partial charge is 0.338 e. The molecule has 2 aliphatic heterocycles. The number of aliphatic hydroxyl groups is 1. The normalized spacial score (nSPS) is 32.4. The van der Waals surface area contributed by atoms with Gasteiger partial charge in [-0.2, -0.15) is 0 Å². The summed E-state index contributed by atoms with van der Waals surface area (Å²) in [6.45, 7) is 0.223. The second kappa shape index (κ2) is 8.38. The Morgan fingerprint density at radius 2 is 1.71 bits per heavy atom. The molecule has 2 aliphatic rings. The van der Waals surface area contributed by atoms with Crippen LogP contribution >= 0.6 is 0 Å². The maximum absolute atomic E-state index is 12.5. The Labute approximate surface area is 162 Å². The third kappa shape index (κ3) is 3.80. The van der Waals surface area contributed by atoms with E-state index in [0.717, 1.165) is 5.56 Å². The van der Waals surface area contributed by atoms with Gasteiger partial charge in [-0.15, -0.1) is 0 Å². The van der Waals surface area contributed by atoms with Crippen LogP contribution in [0.5, 0.6) is 0 Å². The van der Waals surface area contributed by atoms with Gasteiger partial charge in [-0.25, -0.2) is 4.79 Å². The SMILES string of the molecule is CO[C@@H]1O[C@H]2CO[C@@H](c3ccccc3)O[C@H]2[C@@H](O)[C@H]1OC(=O)c1ccccc1. The first-order valence-corrected chi connectivity index (χ1v) is 9.11. The first-order chi connectivity index (χ1) is 13.7. The standard InChI is InChI=1S/C21H22O7/c1-24-21-18(27-19(23)13-8-4-2-5-9-13)16(22)17-15(26-21)12-25-20(28-17)14-10-6-3-7-11-14/h2-11,15-18,20-22H,12H2,1H3/t15-,16+,17+,18+,20+,21+/m0/s1. The lowest BCUT2D eigenvalue weighted by atomic mass is 9.97. The molecule has 2 saturated heterocycles. The highest BCUT2D eigenvalue weighted by Gasteiger charge is 2.51. The zero-order valence-electron chi connectivity index (χ0n) is 15.3. The number of fused-ring (bicyclic) bond motifs is 1. The Hall–Kier alpha value is -2.29. The number of hydrogen-bond acceptors (Lipinski definition) is 7. The highest BCUT2D eigenvalue weighted by Crippen LogP contribution is 2.35. The van der Waals surface area contributed by atoms with Gasteiger partial charge in [0.25, 0.3) is 0 Å². The van der Waals surface area contributed by atoms with E-state index in [2.05, 4.69) is 0 Å². The molecule has 2 aromatic carbocycles. The Morgan fingerprint density at radius 3 is 2.39 bits per heavy atom. The van der Waals surface area contributed by atoms with Crippen molar-refractivity contribution >= 4 is 5.97 Å². The largest absolute Gasteiger partial charge is 0.450 e. The van der Waals surface area contributed by atoms with Crippen molar-refractivity contribution in [3.8, 4) is 0 Å². The van der Waals surface area contributed by atoms with E-state index in [1.807, 2.05) is 30.3 Å². The number of esters is 1. The lowest BCUT2D eigenvalue weighted by Crippen LogP contribution is -2.63.